The first-order chi connectivity index (χ1) is 15.3. The smallest absolute Gasteiger partial charge is 0.302 e. The molecule has 0 saturated carbocycles. The van der Waals surface area contributed by atoms with Crippen LogP contribution in [-0.2, 0) is 9.59 Å². The van der Waals surface area contributed by atoms with E-state index < -0.39 is 17.7 Å². The van der Waals surface area contributed by atoms with Gasteiger partial charge in [0.05, 0.1) is 16.6 Å². The van der Waals surface area contributed by atoms with Crippen LogP contribution in [-0.4, -0.2) is 26.8 Å². The van der Waals surface area contributed by atoms with Crippen LogP contribution in [0.2, 0.25) is 0 Å². The lowest BCUT2D eigenvalue weighted by Crippen LogP contribution is -2.30. The van der Waals surface area contributed by atoms with E-state index >= 15 is 0 Å². The number of imidazole rings is 1. The summed E-state index contributed by atoms with van der Waals surface area (Å²) >= 11 is 3.44. The fraction of sp³-hybridized carbons (Fsp3) is 0.125. The lowest BCUT2D eigenvalue weighted by Gasteiger charge is -2.20. The molecule has 5 rings (SSSR count). The maximum Gasteiger partial charge on any atom is 0.302 e. The van der Waals surface area contributed by atoms with Crippen LogP contribution >= 0.6 is 15.9 Å². The largest absolute Gasteiger partial charge is 0.507 e. The maximum absolute atomic E-state index is 13.2. The number of aromatic nitrogens is 2. The first-order valence-electron chi connectivity index (χ1n) is 9.94. The Morgan fingerprint density at radius 2 is 1.91 bits per heavy atom. The molecule has 1 fully saturated rings. The van der Waals surface area contributed by atoms with Crippen LogP contribution in [0, 0.1) is 13.8 Å². The van der Waals surface area contributed by atoms with Crippen molar-refractivity contribution in [2.45, 2.75) is 19.9 Å². The molecule has 32 heavy (non-hydrogen) atoms. The highest BCUT2D eigenvalue weighted by molar-refractivity contribution is 9.10. The van der Waals surface area contributed by atoms with Crippen LogP contribution in [0.1, 0.15) is 28.7 Å². The van der Waals surface area contributed by atoms with Crippen molar-refractivity contribution < 1.29 is 19.1 Å². The Kier molecular flexibility index (Phi) is 4.74. The average molecular weight is 492 g/mol. The second-order valence-electron chi connectivity index (χ2n) is 7.66. The normalized spacial score (nSPS) is 18.1. The number of Topliss-reactive ketones (excluding diaryl/α,β-unsaturated/α-hetero) is 1. The maximum atomic E-state index is 13.2. The Labute approximate surface area is 191 Å². The second-order valence-corrected chi connectivity index (χ2v) is 8.51. The molecule has 2 N–H and O–H groups in total. The topological polar surface area (TPSA) is 99.4 Å². The zero-order valence-electron chi connectivity index (χ0n) is 17.2. The highest BCUT2D eigenvalue weighted by atomic mass is 79.9. The summed E-state index contributed by atoms with van der Waals surface area (Å²) in [5.74, 6) is -0.678. The number of H-pyrrole nitrogens is 1. The number of fused-ring (bicyclic) bond motifs is 1. The number of rotatable bonds is 3. The quantitative estimate of drug-likeness (QED) is 0.234. The lowest BCUT2D eigenvalue weighted by atomic mass is 9.98. The van der Waals surface area contributed by atoms with Crippen LogP contribution in [0.25, 0.3) is 16.8 Å². The predicted molar refractivity (Wildman–Crippen MR) is 123 cm³/mol. The van der Waals surface area contributed by atoms with Crippen molar-refractivity contribution in [2.75, 3.05) is 4.90 Å². The first kappa shape index (κ1) is 20.3. The van der Waals surface area contributed by atoms with Crippen molar-refractivity contribution >= 4 is 50.4 Å². The molecule has 1 saturated heterocycles. The summed E-state index contributed by atoms with van der Waals surface area (Å²) in [5.41, 5.74) is 2.64. The molecule has 0 radical (unpaired) electrons. The van der Waals surface area contributed by atoms with Crippen LogP contribution in [0.5, 0.6) is 0 Å². The van der Waals surface area contributed by atoms with Crippen molar-refractivity contribution in [3.8, 4) is 0 Å². The van der Waals surface area contributed by atoms with Crippen molar-refractivity contribution in [3.63, 3.8) is 0 Å². The Morgan fingerprint density at radius 3 is 2.59 bits per heavy atom. The Bertz CT molecular complexity index is 1400. The number of ketones is 1. The third-order valence-electron chi connectivity index (χ3n) is 5.51. The number of hydrogen-bond donors (Lipinski definition) is 2. The minimum Gasteiger partial charge on any atom is -0.507 e. The average Bonchev–Trinajstić information content (AvgIpc) is 3.46. The number of para-hydroxylation sites is 2. The molecule has 0 bridgehead atoms. The fourth-order valence-electron chi connectivity index (χ4n) is 3.92. The third-order valence-corrected chi connectivity index (χ3v) is 6.40. The highest BCUT2D eigenvalue weighted by Crippen LogP contribution is 2.42. The molecular formula is C24H18BrN3O4. The number of aliphatic hydroxyl groups is 1. The van der Waals surface area contributed by atoms with Gasteiger partial charge in [0, 0.05) is 10.0 Å². The van der Waals surface area contributed by atoms with Gasteiger partial charge < -0.3 is 14.5 Å². The van der Waals surface area contributed by atoms with E-state index in [9.17, 15) is 14.7 Å². The number of furan rings is 1. The molecule has 2 aromatic heterocycles. The van der Waals surface area contributed by atoms with Crippen molar-refractivity contribution in [3.05, 3.63) is 87.3 Å². The monoisotopic (exact) mass is 491 g/mol. The zero-order valence-corrected chi connectivity index (χ0v) is 18.8. The third kappa shape index (κ3) is 3.15. The molecule has 2 aromatic carbocycles. The summed E-state index contributed by atoms with van der Waals surface area (Å²) in [7, 11) is 0. The van der Waals surface area contributed by atoms with Gasteiger partial charge in [-0.25, -0.2) is 4.98 Å². The van der Waals surface area contributed by atoms with E-state index in [4.69, 9.17) is 4.42 Å². The number of nitrogens with one attached hydrogen (secondary N) is 1. The van der Waals surface area contributed by atoms with Crippen LogP contribution < -0.4 is 4.90 Å². The minimum absolute atomic E-state index is 0.0495. The standard InChI is InChI=1S/C24H18BrN3O4/c1-12-11-14(8-9-15(12)25)21(29)19-20(18-10-7-13(2)32-18)28(23(31)22(19)30)24-26-16-5-3-4-6-17(16)27-24/h3-11,20,29H,1-2H3,(H,26,27)/b21-19+. The number of aliphatic hydroxyl groups excluding tert-OH is 1. The number of aryl methyl sites for hydroxylation is 2. The van der Waals surface area contributed by atoms with E-state index in [2.05, 4.69) is 25.9 Å². The molecule has 7 nitrogen and oxygen atoms in total. The molecule has 1 aliphatic rings. The van der Waals surface area contributed by atoms with Gasteiger partial charge in [0.2, 0.25) is 5.95 Å². The molecule has 1 aliphatic heterocycles. The van der Waals surface area contributed by atoms with Crippen LogP contribution in [0.4, 0.5) is 5.95 Å². The second kappa shape index (κ2) is 7.49. The summed E-state index contributed by atoms with van der Waals surface area (Å²) in [6, 6.07) is 15.0. The Hall–Kier alpha value is -3.65. The van der Waals surface area contributed by atoms with Gasteiger partial charge in [-0.15, -0.1) is 0 Å². The van der Waals surface area contributed by atoms with E-state index in [1.807, 2.05) is 31.2 Å². The van der Waals surface area contributed by atoms with Gasteiger partial charge in [0.25, 0.3) is 5.78 Å². The molecule has 160 valence electrons. The van der Waals surface area contributed by atoms with Gasteiger partial charge in [-0.2, -0.15) is 0 Å². The Morgan fingerprint density at radius 1 is 1.12 bits per heavy atom. The molecule has 1 atom stereocenters. The molecule has 1 amide bonds. The highest BCUT2D eigenvalue weighted by Gasteiger charge is 2.49. The number of benzene rings is 2. The minimum atomic E-state index is -0.965. The van der Waals surface area contributed by atoms with E-state index in [1.165, 1.54) is 4.90 Å². The molecule has 3 heterocycles. The van der Waals surface area contributed by atoms with Gasteiger partial charge in [-0.1, -0.05) is 34.1 Å². The number of halogens is 1. The number of hydrogen-bond acceptors (Lipinski definition) is 5. The number of anilines is 1. The zero-order chi connectivity index (χ0) is 22.6. The summed E-state index contributed by atoms with van der Waals surface area (Å²) in [6.07, 6.45) is 0. The lowest BCUT2D eigenvalue weighted by molar-refractivity contribution is -0.132. The van der Waals surface area contributed by atoms with Gasteiger partial charge >= 0.3 is 5.91 Å². The summed E-state index contributed by atoms with van der Waals surface area (Å²) in [6.45, 7) is 3.65. The van der Waals surface area contributed by atoms with Crippen molar-refractivity contribution in [1.82, 2.24) is 9.97 Å². The number of nitrogens with zero attached hydrogens (tertiary/aromatic N) is 2. The molecule has 0 aliphatic carbocycles. The molecule has 0 spiro atoms. The van der Waals surface area contributed by atoms with E-state index in [0.717, 1.165) is 15.6 Å². The fourth-order valence-corrected chi connectivity index (χ4v) is 4.17. The summed E-state index contributed by atoms with van der Waals surface area (Å²) < 4.78 is 6.68. The molecular weight excluding hydrogens is 474 g/mol. The van der Waals surface area contributed by atoms with Crippen LogP contribution in [0.3, 0.4) is 0 Å². The summed E-state index contributed by atoms with van der Waals surface area (Å²) in [5, 5.41) is 11.2. The molecule has 8 heteroatoms. The van der Waals surface area contributed by atoms with E-state index in [1.54, 1.807) is 37.3 Å². The van der Waals surface area contributed by atoms with Gasteiger partial charge in [-0.05, 0) is 55.8 Å². The number of aromatic amines is 1. The number of carbonyl (C=O) groups is 2. The van der Waals surface area contributed by atoms with Crippen LogP contribution in [0.15, 0.2) is 69.1 Å². The summed E-state index contributed by atoms with van der Waals surface area (Å²) in [4.78, 5) is 35.2. The van der Waals surface area contributed by atoms with E-state index in [-0.39, 0.29) is 17.3 Å². The Balaban J connectivity index is 1.73. The molecule has 4 aromatic rings. The van der Waals surface area contributed by atoms with Gasteiger partial charge in [0.15, 0.2) is 0 Å². The SMILES string of the molecule is Cc1ccc(C2/C(=C(\O)c3ccc(Br)c(C)c3)C(=O)C(=O)N2c2nc3ccccc3[nH]2)o1. The van der Waals surface area contributed by atoms with E-state index in [0.29, 0.717) is 22.6 Å². The first-order valence-corrected chi connectivity index (χ1v) is 10.7. The number of amides is 1. The van der Waals surface area contributed by atoms with Gasteiger partial charge in [-0.3, -0.25) is 14.5 Å². The molecule has 1 unspecified atom stereocenters. The predicted octanol–water partition coefficient (Wildman–Crippen LogP) is 5.16. The van der Waals surface area contributed by atoms with Gasteiger partial charge in [0.1, 0.15) is 23.3 Å². The number of carbonyl (C=O) groups excluding carboxylic acids is 2. The van der Waals surface area contributed by atoms with Crippen molar-refractivity contribution in [2.24, 2.45) is 0 Å². The van der Waals surface area contributed by atoms with Crippen molar-refractivity contribution in [1.29, 1.82) is 0 Å².